The summed E-state index contributed by atoms with van der Waals surface area (Å²) >= 11 is 6.03. The molecule has 2 nitrogen and oxygen atoms in total. The van der Waals surface area contributed by atoms with Crippen molar-refractivity contribution in [1.82, 2.24) is 0 Å². The third kappa shape index (κ3) is 2.11. The highest BCUT2D eigenvalue weighted by Gasteiger charge is 2.31. The third-order valence-electron chi connectivity index (χ3n) is 3.18. The van der Waals surface area contributed by atoms with Gasteiger partial charge < -0.3 is 10.5 Å². The topological polar surface area (TPSA) is 35.2 Å². The first-order valence-electron chi connectivity index (χ1n) is 5.28. The van der Waals surface area contributed by atoms with E-state index in [4.69, 9.17) is 22.1 Å². The maximum absolute atomic E-state index is 6.36. The zero-order chi connectivity index (χ0) is 10.9. The average Bonchev–Trinajstić information content (AvgIpc) is 2.65. The standard InChI is InChI=1S/C12H16ClNO/c1-15-11-7-9(6-10(13)8-11)12(14)4-2-3-5-12/h6-8H,2-5,14H2,1H3. The molecule has 0 aliphatic heterocycles. The highest BCUT2D eigenvalue weighted by atomic mass is 35.5. The Morgan fingerprint density at radius 2 is 1.93 bits per heavy atom. The van der Waals surface area contributed by atoms with E-state index in [1.54, 1.807) is 7.11 Å². The molecule has 0 spiro atoms. The molecule has 3 heteroatoms. The summed E-state index contributed by atoms with van der Waals surface area (Å²) in [6.45, 7) is 0. The second kappa shape index (κ2) is 4.03. The van der Waals surface area contributed by atoms with Gasteiger partial charge in [0.25, 0.3) is 0 Å². The number of benzene rings is 1. The van der Waals surface area contributed by atoms with Crippen LogP contribution in [0.3, 0.4) is 0 Å². The molecule has 1 aromatic rings. The SMILES string of the molecule is COc1cc(Cl)cc(C2(N)CCCC2)c1. The van der Waals surface area contributed by atoms with Crippen LogP contribution in [-0.2, 0) is 5.54 Å². The number of nitrogens with two attached hydrogens (primary N) is 1. The first kappa shape index (κ1) is 10.8. The number of methoxy groups -OCH3 is 1. The minimum absolute atomic E-state index is 0.196. The van der Waals surface area contributed by atoms with Crippen molar-refractivity contribution < 1.29 is 4.74 Å². The quantitative estimate of drug-likeness (QED) is 0.840. The monoisotopic (exact) mass is 225 g/mol. The normalized spacial score (nSPS) is 19.1. The molecular formula is C12H16ClNO. The van der Waals surface area contributed by atoms with Crippen molar-refractivity contribution in [1.29, 1.82) is 0 Å². The van der Waals surface area contributed by atoms with Gasteiger partial charge in [0.05, 0.1) is 7.11 Å². The van der Waals surface area contributed by atoms with E-state index in [2.05, 4.69) is 0 Å². The van der Waals surface area contributed by atoms with Gasteiger partial charge in [-0.05, 0) is 36.6 Å². The fraction of sp³-hybridized carbons (Fsp3) is 0.500. The molecule has 0 saturated heterocycles. The van der Waals surface area contributed by atoms with Gasteiger partial charge in [-0.25, -0.2) is 0 Å². The van der Waals surface area contributed by atoms with Crippen LogP contribution in [0.25, 0.3) is 0 Å². The molecule has 2 N–H and O–H groups in total. The smallest absolute Gasteiger partial charge is 0.120 e. The number of hydrogen-bond acceptors (Lipinski definition) is 2. The summed E-state index contributed by atoms with van der Waals surface area (Å²) < 4.78 is 5.20. The van der Waals surface area contributed by atoms with E-state index in [0.29, 0.717) is 5.02 Å². The molecule has 0 amide bonds. The van der Waals surface area contributed by atoms with Crippen molar-refractivity contribution in [3.05, 3.63) is 28.8 Å². The number of ether oxygens (including phenoxy) is 1. The van der Waals surface area contributed by atoms with Gasteiger partial charge >= 0.3 is 0 Å². The van der Waals surface area contributed by atoms with E-state index in [1.165, 1.54) is 12.8 Å². The molecule has 1 fully saturated rings. The Morgan fingerprint density at radius 1 is 1.27 bits per heavy atom. The van der Waals surface area contributed by atoms with Gasteiger partial charge in [-0.3, -0.25) is 0 Å². The fourth-order valence-electron chi connectivity index (χ4n) is 2.26. The van der Waals surface area contributed by atoms with Gasteiger partial charge in [0.2, 0.25) is 0 Å². The number of rotatable bonds is 2. The third-order valence-corrected chi connectivity index (χ3v) is 3.40. The molecule has 0 aromatic heterocycles. The zero-order valence-electron chi connectivity index (χ0n) is 8.92. The van der Waals surface area contributed by atoms with E-state index >= 15 is 0 Å². The highest BCUT2D eigenvalue weighted by Crippen LogP contribution is 2.38. The molecule has 82 valence electrons. The van der Waals surface area contributed by atoms with Crippen molar-refractivity contribution >= 4 is 11.6 Å². The van der Waals surface area contributed by atoms with Crippen LogP contribution in [0.2, 0.25) is 5.02 Å². The van der Waals surface area contributed by atoms with E-state index in [1.807, 2.05) is 18.2 Å². The van der Waals surface area contributed by atoms with E-state index in [0.717, 1.165) is 24.2 Å². The lowest BCUT2D eigenvalue weighted by molar-refractivity contribution is 0.408. The van der Waals surface area contributed by atoms with Crippen molar-refractivity contribution in [2.45, 2.75) is 31.2 Å². The summed E-state index contributed by atoms with van der Waals surface area (Å²) in [7, 11) is 1.65. The second-order valence-electron chi connectivity index (χ2n) is 4.24. The summed E-state index contributed by atoms with van der Waals surface area (Å²) in [5, 5.41) is 0.695. The molecule has 15 heavy (non-hydrogen) atoms. The number of halogens is 1. The maximum Gasteiger partial charge on any atom is 0.120 e. The Bertz CT molecular complexity index is 359. The average molecular weight is 226 g/mol. The lowest BCUT2D eigenvalue weighted by Gasteiger charge is -2.24. The minimum Gasteiger partial charge on any atom is -0.497 e. The zero-order valence-corrected chi connectivity index (χ0v) is 9.68. The predicted octanol–water partition coefficient (Wildman–Crippen LogP) is 3.08. The Hall–Kier alpha value is -0.730. The summed E-state index contributed by atoms with van der Waals surface area (Å²) in [6.07, 6.45) is 4.48. The van der Waals surface area contributed by atoms with Crippen molar-refractivity contribution in [2.24, 2.45) is 5.73 Å². The number of hydrogen-bond donors (Lipinski definition) is 1. The van der Waals surface area contributed by atoms with E-state index in [9.17, 15) is 0 Å². The maximum atomic E-state index is 6.36. The molecule has 0 unspecified atom stereocenters. The molecule has 1 aliphatic rings. The van der Waals surface area contributed by atoms with E-state index in [-0.39, 0.29) is 5.54 Å². The molecule has 0 heterocycles. The summed E-state index contributed by atoms with van der Waals surface area (Å²) in [6, 6.07) is 5.76. The Morgan fingerprint density at radius 3 is 2.53 bits per heavy atom. The molecule has 0 atom stereocenters. The molecule has 0 radical (unpaired) electrons. The van der Waals surface area contributed by atoms with Crippen molar-refractivity contribution in [3.8, 4) is 5.75 Å². The van der Waals surface area contributed by atoms with Crippen LogP contribution in [0.4, 0.5) is 0 Å². The summed E-state index contributed by atoms with van der Waals surface area (Å²) in [5.74, 6) is 0.786. The van der Waals surface area contributed by atoms with Crippen LogP contribution in [0.5, 0.6) is 5.75 Å². The Kier molecular flexibility index (Phi) is 2.89. The Labute approximate surface area is 95.4 Å². The van der Waals surface area contributed by atoms with Crippen molar-refractivity contribution in [2.75, 3.05) is 7.11 Å². The molecule has 1 aromatic carbocycles. The summed E-state index contributed by atoms with van der Waals surface area (Å²) in [4.78, 5) is 0. The predicted molar refractivity (Wildman–Crippen MR) is 62.3 cm³/mol. The second-order valence-corrected chi connectivity index (χ2v) is 4.68. The largest absolute Gasteiger partial charge is 0.497 e. The van der Waals surface area contributed by atoms with Gasteiger partial charge in [-0.15, -0.1) is 0 Å². The van der Waals surface area contributed by atoms with Crippen LogP contribution >= 0.6 is 11.6 Å². The van der Waals surface area contributed by atoms with Gasteiger partial charge in [-0.1, -0.05) is 24.4 Å². The van der Waals surface area contributed by atoms with E-state index < -0.39 is 0 Å². The van der Waals surface area contributed by atoms with Crippen LogP contribution in [-0.4, -0.2) is 7.11 Å². The van der Waals surface area contributed by atoms with Crippen LogP contribution in [0, 0.1) is 0 Å². The van der Waals surface area contributed by atoms with Crippen molar-refractivity contribution in [3.63, 3.8) is 0 Å². The van der Waals surface area contributed by atoms with Gasteiger partial charge in [0.15, 0.2) is 0 Å². The highest BCUT2D eigenvalue weighted by molar-refractivity contribution is 6.30. The molecule has 1 aliphatic carbocycles. The van der Waals surface area contributed by atoms with Gasteiger partial charge in [-0.2, -0.15) is 0 Å². The van der Waals surface area contributed by atoms with Crippen LogP contribution in [0.1, 0.15) is 31.2 Å². The first-order valence-corrected chi connectivity index (χ1v) is 5.66. The van der Waals surface area contributed by atoms with Gasteiger partial charge in [0, 0.05) is 10.6 Å². The molecule has 1 saturated carbocycles. The van der Waals surface area contributed by atoms with Gasteiger partial charge in [0.1, 0.15) is 5.75 Å². The minimum atomic E-state index is -0.196. The molecular weight excluding hydrogens is 210 g/mol. The summed E-state index contributed by atoms with van der Waals surface area (Å²) in [5.41, 5.74) is 7.26. The molecule has 2 rings (SSSR count). The first-order chi connectivity index (χ1) is 7.14. The lowest BCUT2D eigenvalue weighted by Crippen LogP contribution is -2.33. The Balaban J connectivity index is 2.38. The molecule has 0 bridgehead atoms. The van der Waals surface area contributed by atoms with Crippen LogP contribution < -0.4 is 10.5 Å². The lowest BCUT2D eigenvalue weighted by atomic mass is 9.89. The fourth-order valence-corrected chi connectivity index (χ4v) is 2.49. The van der Waals surface area contributed by atoms with Crippen LogP contribution in [0.15, 0.2) is 18.2 Å².